The molecule has 1 saturated heterocycles. The van der Waals surface area contributed by atoms with Gasteiger partial charge in [-0.1, -0.05) is 18.2 Å². The van der Waals surface area contributed by atoms with Crippen molar-refractivity contribution in [1.29, 1.82) is 0 Å². The predicted molar refractivity (Wildman–Crippen MR) is 96.6 cm³/mol. The largest absolute Gasteiger partial charge is 0.459 e. The lowest BCUT2D eigenvalue weighted by Crippen LogP contribution is -2.65. The van der Waals surface area contributed by atoms with Crippen LogP contribution in [0.1, 0.15) is 17.3 Å². The molecular weight excluding hydrogens is 394 g/mol. The molecule has 0 spiro atoms. The molecule has 1 amide bonds. The van der Waals surface area contributed by atoms with Crippen LogP contribution < -0.4 is 5.32 Å². The topological polar surface area (TPSA) is 120 Å². The number of rotatable bonds is 7. The highest BCUT2D eigenvalue weighted by molar-refractivity contribution is 6.26. The van der Waals surface area contributed by atoms with Crippen LogP contribution in [0.3, 0.4) is 0 Å². The van der Waals surface area contributed by atoms with Crippen LogP contribution in [0.2, 0.25) is 0 Å². The van der Waals surface area contributed by atoms with E-state index in [0.29, 0.717) is 5.56 Å². The number of methoxy groups -OCH3 is 1. The maximum absolute atomic E-state index is 12.1. The minimum Gasteiger partial charge on any atom is -0.459 e. The zero-order valence-electron chi connectivity index (χ0n) is 15.4. The first-order chi connectivity index (χ1) is 13.4. The Labute approximate surface area is 166 Å². The van der Waals surface area contributed by atoms with Crippen LogP contribution in [-0.2, 0) is 28.5 Å². The number of hydrogen-bond acceptors (Lipinski definition) is 8. The normalized spacial score (nSPS) is 26.9. The first-order valence-electron chi connectivity index (χ1n) is 8.48. The summed E-state index contributed by atoms with van der Waals surface area (Å²) in [7, 11) is 1.32. The maximum atomic E-state index is 12.1. The molecule has 0 saturated carbocycles. The minimum atomic E-state index is -1.40. The monoisotopic (exact) mass is 415 g/mol. The second-order valence-electron chi connectivity index (χ2n) is 6.05. The summed E-state index contributed by atoms with van der Waals surface area (Å²) in [6.07, 6.45) is -4.73. The quantitative estimate of drug-likeness (QED) is 0.479. The van der Waals surface area contributed by atoms with Crippen molar-refractivity contribution < 1.29 is 38.4 Å². The third-order valence-corrected chi connectivity index (χ3v) is 4.26. The van der Waals surface area contributed by atoms with Gasteiger partial charge in [0.25, 0.3) is 0 Å². The van der Waals surface area contributed by atoms with E-state index in [1.165, 1.54) is 14.0 Å². The number of hydrogen-bond donors (Lipinski definition) is 2. The van der Waals surface area contributed by atoms with Gasteiger partial charge in [0, 0.05) is 14.0 Å². The van der Waals surface area contributed by atoms with Crippen molar-refractivity contribution in [2.75, 3.05) is 19.6 Å². The Bertz CT molecular complexity index is 685. The van der Waals surface area contributed by atoms with Gasteiger partial charge in [0.05, 0.1) is 5.56 Å². The summed E-state index contributed by atoms with van der Waals surface area (Å²) in [6, 6.07) is 7.30. The third-order valence-electron chi connectivity index (χ3n) is 4.04. The van der Waals surface area contributed by atoms with E-state index in [0.717, 1.165) is 0 Å². The van der Waals surface area contributed by atoms with E-state index in [9.17, 15) is 19.5 Å². The lowest BCUT2D eigenvalue weighted by molar-refractivity contribution is -0.266. The Hall–Kier alpha value is -2.20. The molecule has 10 heteroatoms. The van der Waals surface area contributed by atoms with Crippen molar-refractivity contribution in [1.82, 2.24) is 5.32 Å². The van der Waals surface area contributed by atoms with E-state index in [4.69, 9.17) is 30.5 Å². The summed E-state index contributed by atoms with van der Waals surface area (Å²) in [4.78, 5) is 35.3. The molecule has 154 valence electrons. The van der Waals surface area contributed by atoms with Crippen LogP contribution in [0, 0.1) is 0 Å². The average molecular weight is 416 g/mol. The number of benzene rings is 1. The van der Waals surface area contributed by atoms with Crippen LogP contribution in [-0.4, -0.2) is 73.2 Å². The average Bonchev–Trinajstić information content (AvgIpc) is 2.69. The number of esters is 2. The van der Waals surface area contributed by atoms with Gasteiger partial charge in [-0.15, -0.1) is 11.6 Å². The van der Waals surface area contributed by atoms with E-state index >= 15 is 0 Å². The number of amides is 1. The molecule has 1 aromatic rings. The zero-order valence-corrected chi connectivity index (χ0v) is 16.1. The zero-order chi connectivity index (χ0) is 20.7. The van der Waals surface area contributed by atoms with E-state index in [2.05, 4.69) is 5.32 Å². The van der Waals surface area contributed by atoms with Crippen molar-refractivity contribution in [3.8, 4) is 0 Å². The van der Waals surface area contributed by atoms with Gasteiger partial charge in [-0.3, -0.25) is 9.59 Å². The molecule has 1 aromatic carbocycles. The fourth-order valence-corrected chi connectivity index (χ4v) is 2.85. The van der Waals surface area contributed by atoms with E-state index in [1.54, 1.807) is 30.3 Å². The summed E-state index contributed by atoms with van der Waals surface area (Å²) < 4.78 is 21.2. The molecule has 0 bridgehead atoms. The molecule has 9 nitrogen and oxygen atoms in total. The van der Waals surface area contributed by atoms with Crippen LogP contribution in [0.4, 0.5) is 0 Å². The summed E-state index contributed by atoms with van der Waals surface area (Å²) in [5.41, 5.74) is 0.331. The number of aliphatic hydroxyl groups is 1. The van der Waals surface area contributed by atoms with Crippen LogP contribution in [0.5, 0.6) is 0 Å². The molecule has 0 radical (unpaired) electrons. The van der Waals surface area contributed by atoms with Crippen LogP contribution in [0.15, 0.2) is 30.3 Å². The van der Waals surface area contributed by atoms with Crippen molar-refractivity contribution >= 4 is 29.4 Å². The Balaban J connectivity index is 2.13. The Morgan fingerprint density at radius 3 is 2.50 bits per heavy atom. The van der Waals surface area contributed by atoms with E-state index < -0.39 is 54.4 Å². The second kappa shape index (κ2) is 10.4. The molecule has 5 atom stereocenters. The lowest BCUT2D eigenvalue weighted by Gasteiger charge is -2.43. The van der Waals surface area contributed by atoms with Crippen molar-refractivity contribution in [2.24, 2.45) is 0 Å². The molecule has 0 aromatic heterocycles. The number of aliphatic hydroxyl groups excluding tert-OH is 1. The molecule has 2 N–H and O–H groups in total. The number of ether oxygens (including phenoxy) is 4. The smallest absolute Gasteiger partial charge is 0.338 e. The molecule has 2 rings (SSSR count). The van der Waals surface area contributed by atoms with Crippen LogP contribution >= 0.6 is 11.6 Å². The van der Waals surface area contributed by atoms with Gasteiger partial charge in [-0.2, -0.15) is 0 Å². The predicted octanol–water partition coefficient (Wildman–Crippen LogP) is 0.231. The molecule has 0 unspecified atom stereocenters. The van der Waals surface area contributed by atoms with Gasteiger partial charge in [-0.05, 0) is 12.1 Å². The SMILES string of the molecule is CO[C@H]1O[C@H](COC(=O)c2ccccc2)[C@@H](O)[C@H](OC(=O)CCl)[C@H]1NC(C)=O. The highest BCUT2D eigenvalue weighted by atomic mass is 35.5. The molecule has 1 fully saturated rings. The summed E-state index contributed by atoms with van der Waals surface area (Å²) in [5, 5.41) is 13.1. The van der Waals surface area contributed by atoms with E-state index in [1.807, 2.05) is 0 Å². The van der Waals surface area contributed by atoms with Crippen LogP contribution in [0.25, 0.3) is 0 Å². The maximum Gasteiger partial charge on any atom is 0.338 e. The number of alkyl halides is 1. The minimum absolute atomic E-state index is 0.323. The molecule has 28 heavy (non-hydrogen) atoms. The fraction of sp³-hybridized carbons (Fsp3) is 0.500. The number of carbonyl (C=O) groups excluding carboxylic acids is 3. The fourth-order valence-electron chi connectivity index (χ4n) is 2.78. The molecular formula is C18H22ClNO8. The van der Waals surface area contributed by atoms with Crippen molar-refractivity contribution in [3.05, 3.63) is 35.9 Å². The van der Waals surface area contributed by atoms with Gasteiger partial charge < -0.3 is 29.4 Å². The molecule has 1 aliphatic heterocycles. The standard InChI is InChI=1S/C18H22ClNO8/c1-10(21)20-14-16(28-13(22)8-19)15(23)12(27-18(14)25-2)9-26-17(24)11-6-4-3-5-7-11/h3-7,12,14-16,18,23H,8-9H2,1-2H3,(H,20,21)/t12-,14-,15-,16-,18+/m1/s1. The van der Waals surface area contributed by atoms with Gasteiger partial charge in [-0.25, -0.2) is 4.79 Å². The first-order valence-corrected chi connectivity index (χ1v) is 9.01. The summed E-state index contributed by atoms with van der Waals surface area (Å²) >= 11 is 5.47. The number of halogens is 1. The number of carbonyl (C=O) groups is 3. The molecule has 0 aliphatic carbocycles. The highest BCUT2D eigenvalue weighted by Crippen LogP contribution is 2.25. The summed E-state index contributed by atoms with van der Waals surface area (Å²) in [6.45, 7) is 0.934. The Morgan fingerprint density at radius 2 is 1.93 bits per heavy atom. The van der Waals surface area contributed by atoms with E-state index in [-0.39, 0.29) is 6.61 Å². The molecule has 1 aliphatic rings. The van der Waals surface area contributed by atoms with Gasteiger partial charge >= 0.3 is 11.9 Å². The van der Waals surface area contributed by atoms with Crippen molar-refractivity contribution in [3.63, 3.8) is 0 Å². The van der Waals surface area contributed by atoms with Gasteiger partial charge in [0.15, 0.2) is 12.4 Å². The lowest BCUT2D eigenvalue weighted by atomic mass is 9.96. The highest BCUT2D eigenvalue weighted by Gasteiger charge is 2.48. The summed E-state index contributed by atoms with van der Waals surface area (Å²) in [5.74, 6) is -2.28. The Morgan fingerprint density at radius 1 is 1.25 bits per heavy atom. The first kappa shape index (κ1) is 22.1. The Kier molecular flexibility index (Phi) is 8.18. The third kappa shape index (κ3) is 5.65. The van der Waals surface area contributed by atoms with Gasteiger partial charge in [0.2, 0.25) is 5.91 Å². The molecule has 1 heterocycles. The second-order valence-corrected chi connectivity index (χ2v) is 6.32. The number of nitrogens with one attached hydrogen (secondary N) is 1. The van der Waals surface area contributed by atoms with Crippen molar-refractivity contribution in [2.45, 2.75) is 37.6 Å². The van der Waals surface area contributed by atoms with Gasteiger partial charge in [0.1, 0.15) is 30.7 Å².